The van der Waals surface area contributed by atoms with E-state index in [1.54, 1.807) is 6.07 Å². The lowest BCUT2D eigenvalue weighted by molar-refractivity contribution is 0.0947. The average Bonchev–Trinajstić information content (AvgIpc) is 2.82. The van der Waals surface area contributed by atoms with Gasteiger partial charge in [0.05, 0.1) is 7.11 Å². The zero-order valence-electron chi connectivity index (χ0n) is 18.7. The molecule has 0 aliphatic carbocycles. The fraction of sp³-hybridized carbons (Fsp3) is 0.240. The average molecular weight is 453 g/mol. The zero-order chi connectivity index (χ0) is 23.4. The molecule has 0 aromatic heterocycles. The number of ether oxygens (including phenoxy) is 1. The van der Waals surface area contributed by atoms with Gasteiger partial charge >= 0.3 is 0 Å². The lowest BCUT2D eigenvalue weighted by Gasteiger charge is -2.31. The Hall–Kier alpha value is -3.16. The molecule has 0 atom stereocenters. The molecule has 0 saturated carbocycles. The number of carbonyl (C=O) groups is 1. The second-order valence-electron chi connectivity index (χ2n) is 7.90. The summed E-state index contributed by atoms with van der Waals surface area (Å²) in [5, 5.41) is 2.99. The number of hydrogen-bond donors (Lipinski definition) is 1. The molecule has 3 aromatic carbocycles. The van der Waals surface area contributed by atoms with Crippen molar-refractivity contribution in [2.24, 2.45) is 0 Å². The van der Waals surface area contributed by atoms with Gasteiger partial charge in [-0.3, -0.25) is 4.79 Å². The number of carbonyl (C=O) groups excluding carboxylic acids is 1. The van der Waals surface area contributed by atoms with Crippen LogP contribution in [0.3, 0.4) is 0 Å². The van der Waals surface area contributed by atoms with Gasteiger partial charge in [-0.05, 0) is 36.2 Å². The SMILES string of the molecule is COc1ccc(C(=O)NCC(C)(c2ccccc2)c2ccccc2)cc1S(=O)(=O)N(C)C. The van der Waals surface area contributed by atoms with Gasteiger partial charge in [0, 0.05) is 31.6 Å². The Morgan fingerprint density at radius 1 is 0.938 bits per heavy atom. The number of hydrogen-bond acceptors (Lipinski definition) is 4. The van der Waals surface area contributed by atoms with Crippen molar-refractivity contribution in [3.63, 3.8) is 0 Å². The van der Waals surface area contributed by atoms with E-state index in [0.29, 0.717) is 6.54 Å². The quantitative estimate of drug-likeness (QED) is 0.566. The van der Waals surface area contributed by atoms with Gasteiger partial charge in [-0.2, -0.15) is 0 Å². The monoisotopic (exact) mass is 452 g/mol. The van der Waals surface area contributed by atoms with Gasteiger partial charge < -0.3 is 10.1 Å². The maximum absolute atomic E-state index is 13.0. The summed E-state index contributed by atoms with van der Waals surface area (Å²) in [6, 6.07) is 24.4. The Morgan fingerprint density at radius 3 is 1.94 bits per heavy atom. The van der Waals surface area contributed by atoms with E-state index in [9.17, 15) is 13.2 Å². The highest BCUT2D eigenvalue weighted by Gasteiger charge is 2.30. The Kier molecular flexibility index (Phi) is 7.01. The third kappa shape index (κ3) is 4.69. The lowest BCUT2D eigenvalue weighted by Crippen LogP contribution is -2.39. The van der Waals surface area contributed by atoms with Crippen molar-refractivity contribution in [3.8, 4) is 5.75 Å². The number of methoxy groups -OCH3 is 1. The van der Waals surface area contributed by atoms with Crippen LogP contribution in [0.1, 0.15) is 28.4 Å². The van der Waals surface area contributed by atoms with Crippen LogP contribution in [0.4, 0.5) is 0 Å². The molecular formula is C25H28N2O4S. The first-order valence-electron chi connectivity index (χ1n) is 10.2. The molecule has 0 saturated heterocycles. The number of nitrogens with zero attached hydrogens (tertiary/aromatic N) is 1. The summed E-state index contributed by atoms with van der Waals surface area (Å²) in [5.41, 5.74) is 1.91. The van der Waals surface area contributed by atoms with E-state index in [-0.39, 0.29) is 22.1 Å². The molecule has 6 nitrogen and oxygen atoms in total. The molecule has 0 aliphatic rings. The van der Waals surface area contributed by atoms with Crippen LogP contribution in [0.5, 0.6) is 5.75 Å². The molecule has 0 radical (unpaired) electrons. The van der Waals surface area contributed by atoms with Gasteiger partial charge in [-0.15, -0.1) is 0 Å². The van der Waals surface area contributed by atoms with Gasteiger partial charge in [-0.1, -0.05) is 60.7 Å². The fourth-order valence-electron chi connectivity index (χ4n) is 3.56. The maximum Gasteiger partial charge on any atom is 0.251 e. The molecule has 0 fully saturated rings. The number of rotatable bonds is 8. The van der Waals surface area contributed by atoms with Crippen molar-refractivity contribution in [1.82, 2.24) is 9.62 Å². The summed E-state index contributed by atoms with van der Waals surface area (Å²) in [7, 11) is 0.495. The van der Waals surface area contributed by atoms with Crippen molar-refractivity contribution in [2.75, 3.05) is 27.7 Å². The number of nitrogens with one attached hydrogen (secondary N) is 1. The highest BCUT2D eigenvalue weighted by atomic mass is 32.2. The van der Waals surface area contributed by atoms with Gasteiger partial charge in [0.2, 0.25) is 10.0 Å². The smallest absolute Gasteiger partial charge is 0.251 e. The number of sulfonamides is 1. The Labute approximate surface area is 189 Å². The Balaban J connectivity index is 1.93. The predicted octanol–water partition coefficient (Wildman–Crippen LogP) is 3.68. The summed E-state index contributed by atoms with van der Waals surface area (Å²) in [5.74, 6) is -0.172. The topological polar surface area (TPSA) is 75.7 Å². The molecule has 0 unspecified atom stereocenters. The maximum atomic E-state index is 13.0. The largest absolute Gasteiger partial charge is 0.495 e. The highest BCUT2D eigenvalue weighted by Crippen LogP contribution is 2.32. The van der Waals surface area contributed by atoms with E-state index in [1.807, 2.05) is 60.7 Å². The molecule has 3 aromatic rings. The van der Waals surface area contributed by atoms with Crippen molar-refractivity contribution in [1.29, 1.82) is 0 Å². The molecule has 0 heterocycles. The van der Waals surface area contributed by atoms with Crippen molar-refractivity contribution >= 4 is 15.9 Å². The summed E-state index contributed by atoms with van der Waals surface area (Å²) in [6.07, 6.45) is 0. The Morgan fingerprint density at radius 2 is 1.47 bits per heavy atom. The zero-order valence-corrected chi connectivity index (χ0v) is 19.5. The first-order valence-corrected chi connectivity index (χ1v) is 11.6. The van der Waals surface area contributed by atoms with Gasteiger partial charge in [0.25, 0.3) is 5.91 Å². The minimum Gasteiger partial charge on any atom is -0.495 e. The molecule has 1 N–H and O–H groups in total. The number of benzene rings is 3. The lowest BCUT2D eigenvalue weighted by atomic mass is 9.76. The van der Waals surface area contributed by atoms with E-state index in [0.717, 1.165) is 15.4 Å². The molecule has 7 heteroatoms. The Bertz CT molecular complexity index is 1140. The van der Waals surface area contributed by atoms with E-state index in [2.05, 4.69) is 12.2 Å². The summed E-state index contributed by atoms with van der Waals surface area (Å²) < 4.78 is 31.7. The third-order valence-corrected chi connectivity index (χ3v) is 7.45. The first kappa shape index (κ1) is 23.5. The second kappa shape index (κ2) is 9.54. The second-order valence-corrected chi connectivity index (χ2v) is 10.0. The van der Waals surface area contributed by atoms with E-state index in [1.165, 1.54) is 33.3 Å². The van der Waals surface area contributed by atoms with Gasteiger partial charge in [0.15, 0.2) is 0 Å². The summed E-state index contributed by atoms with van der Waals surface area (Å²) >= 11 is 0. The molecule has 3 rings (SSSR count). The van der Waals surface area contributed by atoms with E-state index >= 15 is 0 Å². The van der Waals surface area contributed by atoms with Crippen LogP contribution in [0, 0.1) is 0 Å². The molecule has 0 aliphatic heterocycles. The molecule has 32 heavy (non-hydrogen) atoms. The van der Waals surface area contributed by atoms with Crippen molar-refractivity contribution in [3.05, 3.63) is 95.6 Å². The normalized spacial score (nSPS) is 11.9. The third-order valence-electron chi connectivity index (χ3n) is 5.61. The van der Waals surface area contributed by atoms with Crippen molar-refractivity contribution in [2.45, 2.75) is 17.2 Å². The standard InChI is InChI=1S/C25H28N2O4S/c1-25(20-11-7-5-8-12-20,21-13-9-6-10-14-21)18-26-24(28)19-15-16-22(31-4)23(17-19)32(29,30)27(2)3/h5-17H,18H2,1-4H3,(H,26,28). The van der Waals surface area contributed by atoms with Crippen LogP contribution >= 0.6 is 0 Å². The van der Waals surface area contributed by atoms with Gasteiger partial charge in [0.1, 0.15) is 10.6 Å². The van der Waals surface area contributed by atoms with E-state index < -0.39 is 15.4 Å². The number of amides is 1. The van der Waals surface area contributed by atoms with Crippen LogP contribution in [0.2, 0.25) is 0 Å². The highest BCUT2D eigenvalue weighted by molar-refractivity contribution is 7.89. The van der Waals surface area contributed by atoms with Crippen LogP contribution < -0.4 is 10.1 Å². The van der Waals surface area contributed by atoms with Crippen LogP contribution in [0.15, 0.2) is 83.8 Å². The van der Waals surface area contributed by atoms with Crippen molar-refractivity contribution < 1.29 is 17.9 Å². The van der Waals surface area contributed by atoms with Crippen LogP contribution in [-0.2, 0) is 15.4 Å². The molecule has 0 spiro atoms. The predicted molar refractivity (Wildman–Crippen MR) is 126 cm³/mol. The minimum atomic E-state index is -3.78. The van der Waals surface area contributed by atoms with Crippen LogP contribution in [-0.4, -0.2) is 46.4 Å². The van der Waals surface area contributed by atoms with E-state index in [4.69, 9.17) is 4.74 Å². The minimum absolute atomic E-state index is 0.0495. The summed E-state index contributed by atoms with van der Waals surface area (Å²) in [6.45, 7) is 2.41. The molecule has 168 valence electrons. The molecular weight excluding hydrogens is 424 g/mol. The fourth-order valence-corrected chi connectivity index (χ4v) is 4.63. The van der Waals surface area contributed by atoms with Gasteiger partial charge in [-0.25, -0.2) is 12.7 Å². The van der Waals surface area contributed by atoms with Crippen LogP contribution in [0.25, 0.3) is 0 Å². The molecule has 0 bridgehead atoms. The summed E-state index contributed by atoms with van der Waals surface area (Å²) in [4.78, 5) is 13.0. The first-order chi connectivity index (χ1) is 15.2. The molecule has 1 amide bonds.